The van der Waals surface area contributed by atoms with E-state index in [0.717, 1.165) is 29.5 Å². The van der Waals surface area contributed by atoms with Crippen molar-refractivity contribution in [3.05, 3.63) is 70.6 Å². The summed E-state index contributed by atoms with van der Waals surface area (Å²) in [7, 11) is -4.05. The summed E-state index contributed by atoms with van der Waals surface area (Å²) in [6.45, 7) is 9.44. The van der Waals surface area contributed by atoms with Crippen LogP contribution in [0.5, 0.6) is 0 Å². The van der Waals surface area contributed by atoms with Gasteiger partial charge in [-0.05, 0) is 102 Å². The molecule has 1 aromatic heterocycles. The van der Waals surface area contributed by atoms with Crippen molar-refractivity contribution >= 4 is 58.7 Å². The molecule has 5 atom stereocenters. The molecule has 3 aliphatic heterocycles. The molecule has 3 amide bonds. The Hall–Kier alpha value is -4.61. The number of carbonyl (C=O) groups excluding carboxylic acids is 5. The lowest BCUT2D eigenvalue weighted by molar-refractivity contribution is -0.162. The third kappa shape index (κ3) is 10.6. The first-order valence-corrected chi connectivity index (χ1v) is 23.0. The molecule has 6 rings (SSSR count). The maximum Gasteiger partial charge on any atom is 0.340 e. The second-order valence-corrected chi connectivity index (χ2v) is 21.0. The molecule has 3 aliphatic rings. The second-order valence-electron chi connectivity index (χ2n) is 17.9. The lowest BCUT2D eigenvalue weighted by Crippen LogP contribution is -2.56. The number of thiophene rings is 1. The summed E-state index contributed by atoms with van der Waals surface area (Å²) >= 11 is 1.24. The molecular formula is C44H55N4O10PS. The van der Waals surface area contributed by atoms with Gasteiger partial charge in [0.1, 0.15) is 12.1 Å². The number of hydrogen-bond donors (Lipinski definition) is 1. The summed E-state index contributed by atoms with van der Waals surface area (Å²) in [6, 6.07) is 17.5. The molecule has 4 heterocycles. The Kier molecular flexibility index (Phi) is 13.9. The highest BCUT2D eigenvalue weighted by molar-refractivity contribution is 7.53. The largest absolute Gasteiger partial charge is 0.438 e. The molecule has 1 N–H and O–H groups in total. The average molecular weight is 863 g/mol. The van der Waals surface area contributed by atoms with Crippen molar-refractivity contribution in [3.8, 4) is 6.07 Å². The van der Waals surface area contributed by atoms with E-state index < -0.39 is 61.9 Å². The van der Waals surface area contributed by atoms with E-state index in [0.29, 0.717) is 48.2 Å². The Morgan fingerprint density at radius 2 is 1.52 bits per heavy atom. The van der Waals surface area contributed by atoms with E-state index >= 15 is 0 Å². The fraction of sp³-hybridized carbons (Fsp3) is 0.545. The van der Waals surface area contributed by atoms with Gasteiger partial charge in [-0.2, -0.15) is 5.26 Å². The Morgan fingerprint density at radius 1 is 0.867 bits per heavy atom. The van der Waals surface area contributed by atoms with Crippen LogP contribution in [0.2, 0.25) is 0 Å². The first kappa shape index (κ1) is 44.9. The van der Waals surface area contributed by atoms with Gasteiger partial charge in [-0.15, -0.1) is 11.3 Å². The van der Waals surface area contributed by atoms with Crippen LogP contribution in [0.1, 0.15) is 107 Å². The SMILES string of the molecule is CC(C)(C)C(=O)OCOP(=O)(Cc1ccc2sc(C(=O)NC3CCCC[C@H]4CC[C@@H](C(=O)N5C[C@@H](C#N)[C@H](c6ccccc6)C5)N4C3=O)cc2c1)OCOC(=O)C(C)(C)C. The van der Waals surface area contributed by atoms with Crippen LogP contribution in [0.4, 0.5) is 0 Å². The predicted octanol–water partition coefficient (Wildman–Crippen LogP) is 7.52. The molecule has 0 spiro atoms. The summed E-state index contributed by atoms with van der Waals surface area (Å²) in [6.07, 6.45) is 3.81. The molecule has 60 heavy (non-hydrogen) atoms. The lowest BCUT2D eigenvalue weighted by Gasteiger charge is -2.36. The summed E-state index contributed by atoms with van der Waals surface area (Å²) in [5.74, 6) is -2.42. The third-order valence-electron chi connectivity index (χ3n) is 11.2. The van der Waals surface area contributed by atoms with E-state index in [1.54, 1.807) is 75.6 Å². The second kappa shape index (κ2) is 18.6. The van der Waals surface area contributed by atoms with Gasteiger partial charge >= 0.3 is 19.5 Å². The van der Waals surface area contributed by atoms with Crippen molar-refractivity contribution in [2.24, 2.45) is 16.7 Å². The number of amides is 3. The van der Waals surface area contributed by atoms with Crippen molar-refractivity contribution in [1.29, 1.82) is 5.26 Å². The first-order chi connectivity index (χ1) is 28.4. The summed E-state index contributed by atoms with van der Waals surface area (Å²) < 4.78 is 36.1. The highest BCUT2D eigenvalue weighted by atomic mass is 32.1. The van der Waals surface area contributed by atoms with Gasteiger partial charge in [0, 0.05) is 29.7 Å². The topological polar surface area (TPSA) is 182 Å². The molecule has 2 aromatic carbocycles. The number of ether oxygens (including phenoxy) is 2. The normalized spacial score (nSPS) is 22.4. The summed E-state index contributed by atoms with van der Waals surface area (Å²) in [5, 5.41) is 13.6. The van der Waals surface area contributed by atoms with E-state index in [1.165, 1.54) is 11.3 Å². The van der Waals surface area contributed by atoms with Gasteiger partial charge in [-0.25, -0.2) is 0 Å². The zero-order valence-corrected chi connectivity index (χ0v) is 36.9. The van der Waals surface area contributed by atoms with Gasteiger partial charge in [0.25, 0.3) is 5.91 Å². The number of nitrogens with one attached hydrogen (secondary N) is 1. The zero-order valence-electron chi connectivity index (χ0n) is 35.1. The molecule has 0 aliphatic carbocycles. The van der Waals surface area contributed by atoms with Crippen molar-refractivity contribution in [2.75, 3.05) is 26.7 Å². The van der Waals surface area contributed by atoms with Crippen LogP contribution in [-0.2, 0) is 48.4 Å². The van der Waals surface area contributed by atoms with Crippen LogP contribution < -0.4 is 5.32 Å². The van der Waals surface area contributed by atoms with Gasteiger partial charge in [-0.1, -0.05) is 49.2 Å². The van der Waals surface area contributed by atoms with Crippen LogP contribution in [0.25, 0.3) is 10.1 Å². The van der Waals surface area contributed by atoms with Crippen molar-refractivity contribution in [1.82, 2.24) is 15.1 Å². The molecule has 1 unspecified atom stereocenters. The maximum atomic E-state index is 14.3. The van der Waals surface area contributed by atoms with Crippen LogP contribution in [-0.4, -0.2) is 84.3 Å². The number of benzene rings is 2. The molecule has 0 radical (unpaired) electrons. The molecule has 14 nitrogen and oxygen atoms in total. The van der Waals surface area contributed by atoms with Gasteiger partial charge < -0.3 is 24.6 Å². The number of nitrogens with zero attached hydrogens (tertiary/aromatic N) is 3. The van der Waals surface area contributed by atoms with Crippen molar-refractivity contribution in [2.45, 2.75) is 110 Å². The fourth-order valence-electron chi connectivity index (χ4n) is 7.91. The molecular weight excluding hydrogens is 808 g/mol. The monoisotopic (exact) mass is 862 g/mol. The molecule has 0 saturated carbocycles. The Balaban J connectivity index is 1.14. The molecule has 0 bridgehead atoms. The zero-order chi connectivity index (χ0) is 43.4. The van der Waals surface area contributed by atoms with Crippen LogP contribution >= 0.6 is 18.9 Å². The first-order valence-electron chi connectivity index (χ1n) is 20.5. The van der Waals surface area contributed by atoms with Gasteiger partial charge in [0.15, 0.2) is 0 Å². The smallest absolute Gasteiger partial charge is 0.340 e. The van der Waals surface area contributed by atoms with E-state index in [-0.39, 0.29) is 35.9 Å². The lowest BCUT2D eigenvalue weighted by atomic mass is 9.90. The van der Waals surface area contributed by atoms with Gasteiger partial charge in [-0.3, -0.25) is 37.6 Å². The third-order valence-corrected chi connectivity index (χ3v) is 14.1. The van der Waals surface area contributed by atoms with Crippen LogP contribution in [0.15, 0.2) is 54.6 Å². The minimum absolute atomic E-state index is 0.104. The Bertz CT molecular complexity index is 2140. The molecule has 322 valence electrons. The quantitative estimate of drug-likeness (QED) is 0.108. The Labute approximate surface area is 355 Å². The predicted molar refractivity (Wildman–Crippen MR) is 224 cm³/mol. The molecule has 16 heteroatoms. The fourth-order valence-corrected chi connectivity index (χ4v) is 10.2. The number of hydrogen-bond acceptors (Lipinski definition) is 12. The van der Waals surface area contributed by atoms with Crippen molar-refractivity contribution in [3.63, 3.8) is 0 Å². The number of esters is 2. The maximum absolute atomic E-state index is 14.3. The number of nitriles is 1. The van der Waals surface area contributed by atoms with Crippen LogP contribution in [0.3, 0.4) is 0 Å². The number of fused-ring (bicyclic) bond motifs is 2. The number of likely N-dealkylation sites (tertiary alicyclic amines) is 1. The molecule has 3 saturated heterocycles. The standard InChI is InChI=1S/C44H55N4O10PS/c1-43(2,3)41(52)55-26-57-59(54,58-27-56-42(53)44(4,5)6)25-28-16-19-36-30(20-28)21-37(60-36)38(49)46-34-15-11-10-14-32-17-18-35(48(32)39(34)50)40(51)47-23-31(22-45)33(24-47)29-12-8-7-9-13-29/h7-9,12-13,16,19-21,31-35H,10-11,14-15,17-18,23-27H2,1-6H3,(H,46,49)/t31-,32+,33+,34?,35+/m1/s1. The summed E-state index contributed by atoms with van der Waals surface area (Å²) in [5.41, 5.74) is -0.105. The molecule has 3 aromatic rings. The van der Waals surface area contributed by atoms with E-state index in [9.17, 15) is 33.8 Å². The van der Waals surface area contributed by atoms with Crippen molar-refractivity contribution < 1.29 is 47.1 Å². The van der Waals surface area contributed by atoms with E-state index in [4.69, 9.17) is 18.5 Å². The van der Waals surface area contributed by atoms with E-state index in [2.05, 4.69) is 11.4 Å². The van der Waals surface area contributed by atoms with E-state index in [1.807, 2.05) is 30.3 Å². The minimum atomic E-state index is -4.05. The Morgan fingerprint density at radius 3 is 2.15 bits per heavy atom. The van der Waals surface area contributed by atoms with Crippen LogP contribution in [0, 0.1) is 28.1 Å². The highest BCUT2D eigenvalue weighted by Crippen LogP contribution is 2.52. The molecule has 3 fully saturated rings. The van der Waals surface area contributed by atoms with Gasteiger partial charge in [0.05, 0.1) is 33.9 Å². The number of rotatable bonds is 12. The van der Waals surface area contributed by atoms with Gasteiger partial charge in [0.2, 0.25) is 25.4 Å². The minimum Gasteiger partial charge on any atom is -0.438 e. The highest BCUT2D eigenvalue weighted by Gasteiger charge is 2.47. The number of carbonyl (C=O) groups is 5. The summed E-state index contributed by atoms with van der Waals surface area (Å²) in [4.78, 5) is 70.8. The average Bonchev–Trinajstić information content (AvgIpc) is 3.94.